The molecule has 1 aliphatic rings. The van der Waals surface area contributed by atoms with Crippen LogP contribution in [0.25, 0.3) is 11.3 Å². The van der Waals surface area contributed by atoms with Gasteiger partial charge in [0.2, 0.25) is 0 Å². The van der Waals surface area contributed by atoms with E-state index in [1.165, 1.54) is 12.8 Å². The normalized spacial score (nSPS) is 13.9. The van der Waals surface area contributed by atoms with E-state index in [4.69, 9.17) is 19.2 Å². The first-order valence-corrected chi connectivity index (χ1v) is 12.6. The fourth-order valence-corrected chi connectivity index (χ4v) is 4.52. The SMILES string of the molecule is COc1ccc(-c2ncccc2CNc2cccc(C(=O)OC(C)(C)C)c2)c(C)c1OC1CCCC1. The van der Waals surface area contributed by atoms with E-state index >= 15 is 0 Å². The van der Waals surface area contributed by atoms with Gasteiger partial charge in [-0.1, -0.05) is 12.1 Å². The van der Waals surface area contributed by atoms with Crippen molar-refractivity contribution in [2.24, 2.45) is 0 Å². The second kappa shape index (κ2) is 11.0. The van der Waals surface area contributed by atoms with E-state index in [2.05, 4.69) is 18.3 Å². The second-order valence-corrected chi connectivity index (χ2v) is 10.2. The fraction of sp³-hybridized carbons (Fsp3) is 0.400. The summed E-state index contributed by atoms with van der Waals surface area (Å²) in [7, 11) is 1.68. The van der Waals surface area contributed by atoms with Gasteiger partial charge in [-0.15, -0.1) is 0 Å². The zero-order valence-electron chi connectivity index (χ0n) is 21.9. The van der Waals surface area contributed by atoms with Crippen LogP contribution in [-0.4, -0.2) is 29.8 Å². The number of carbonyl (C=O) groups excluding carboxylic acids is 1. The number of hydrogen-bond donors (Lipinski definition) is 1. The highest BCUT2D eigenvalue weighted by Crippen LogP contribution is 2.40. The molecule has 0 atom stereocenters. The molecule has 6 heteroatoms. The Hall–Kier alpha value is -3.54. The molecule has 0 aliphatic heterocycles. The lowest BCUT2D eigenvalue weighted by Crippen LogP contribution is -2.23. The van der Waals surface area contributed by atoms with Gasteiger partial charge in [-0.2, -0.15) is 0 Å². The fourth-order valence-electron chi connectivity index (χ4n) is 4.52. The topological polar surface area (TPSA) is 69.7 Å². The van der Waals surface area contributed by atoms with Gasteiger partial charge in [0.25, 0.3) is 0 Å². The van der Waals surface area contributed by atoms with Crippen LogP contribution in [0.1, 0.15) is 67.9 Å². The van der Waals surface area contributed by atoms with Crippen LogP contribution in [0.4, 0.5) is 5.69 Å². The van der Waals surface area contributed by atoms with E-state index in [1.54, 1.807) is 13.2 Å². The summed E-state index contributed by atoms with van der Waals surface area (Å²) in [5, 5.41) is 3.44. The molecule has 6 nitrogen and oxygen atoms in total. The Morgan fingerprint density at radius 1 is 1.08 bits per heavy atom. The van der Waals surface area contributed by atoms with Crippen molar-refractivity contribution < 1.29 is 19.0 Å². The Balaban J connectivity index is 1.57. The van der Waals surface area contributed by atoms with Crippen LogP contribution in [0.2, 0.25) is 0 Å². The first-order valence-electron chi connectivity index (χ1n) is 12.6. The number of esters is 1. The van der Waals surface area contributed by atoms with Gasteiger partial charge in [-0.05, 0) is 95.3 Å². The third kappa shape index (κ3) is 6.17. The molecule has 1 aliphatic carbocycles. The number of hydrogen-bond acceptors (Lipinski definition) is 6. The first-order chi connectivity index (χ1) is 17.2. The van der Waals surface area contributed by atoms with Gasteiger partial charge in [0.05, 0.1) is 24.5 Å². The molecule has 0 bridgehead atoms. The minimum Gasteiger partial charge on any atom is -0.493 e. The number of pyridine rings is 1. The number of methoxy groups -OCH3 is 1. The van der Waals surface area contributed by atoms with Gasteiger partial charge in [0.15, 0.2) is 11.5 Å². The van der Waals surface area contributed by atoms with Crippen LogP contribution in [0, 0.1) is 6.92 Å². The van der Waals surface area contributed by atoms with Crippen LogP contribution < -0.4 is 14.8 Å². The number of nitrogens with one attached hydrogen (secondary N) is 1. The average Bonchev–Trinajstić information content (AvgIpc) is 3.37. The van der Waals surface area contributed by atoms with Crippen molar-refractivity contribution >= 4 is 11.7 Å². The minimum atomic E-state index is -0.540. The van der Waals surface area contributed by atoms with Crippen LogP contribution >= 0.6 is 0 Å². The van der Waals surface area contributed by atoms with Crippen molar-refractivity contribution in [2.45, 2.75) is 71.6 Å². The summed E-state index contributed by atoms with van der Waals surface area (Å²) in [5.41, 5.74) is 4.79. The molecule has 0 saturated heterocycles. The Morgan fingerprint density at radius 3 is 2.58 bits per heavy atom. The zero-order valence-corrected chi connectivity index (χ0v) is 21.9. The minimum absolute atomic E-state index is 0.231. The highest BCUT2D eigenvalue weighted by Gasteiger charge is 2.22. The molecule has 0 amide bonds. The van der Waals surface area contributed by atoms with Crippen molar-refractivity contribution in [3.63, 3.8) is 0 Å². The van der Waals surface area contributed by atoms with Crippen LogP contribution in [-0.2, 0) is 11.3 Å². The molecule has 0 radical (unpaired) electrons. The monoisotopic (exact) mass is 488 g/mol. The molecular weight excluding hydrogens is 452 g/mol. The largest absolute Gasteiger partial charge is 0.493 e. The van der Waals surface area contributed by atoms with Crippen LogP contribution in [0.3, 0.4) is 0 Å². The Kier molecular flexibility index (Phi) is 7.82. The molecule has 2 aromatic carbocycles. The lowest BCUT2D eigenvalue weighted by Gasteiger charge is -2.21. The van der Waals surface area contributed by atoms with Gasteiger partial charge in [0, 0.05) is 29.6 Å². The molecule has 1 saturated carbocycles. The molecule has 1 N–H and O–H groups in total. The predicted molar refractivity (Wildman–Crippen MR) is 143 cm³/mol. The summed E-state index contributed by atoms with van der Waals surface area (Å²) in [6.07, 6.45) is 6.61. The molecular formula is C30H36N2O4. The summed E-state index contributed by atoms with van der Waals surface area (Å²) < 4.78 is 17.6. The summed E-state index contributed by atoms with van der Waals surface area (Å²) in [6.45, 7) is 8.20. The average molecular weight is 489 g/mol. The van der Waals surface area contributed by atoms with Gasteiger partial charge < -0.3 is 19.5 Å². The molecule has 1 heterocycles. The molecule has 36 heavy (non-hydrogen) atoms. The Labute approximate surface area is 214 Å². The van der Waals surface area contributed by atoms with Crippen molar-refractivity contribution in [1.29, 1.82) is 0 Å². The first kappa shape index (κ1) is 25.5. The molecule has 4 rings (SSSR count). The van der Waals surface area contributed by atoms with E-state index in [1.807, 2.05) is 63.4 Å². The molecule has 190 valence electrons. The second-order valence-electron chi connectivity index (χ2n) is 10.2. The van der Waals surface area contributed by atoms with Crippen molar-refractivity contribution in [3.05, 3.63) is 71.4 Å². The van der Waals surface area contributed by atoms with Gasteiger partial charge in [0.1, 0.15) is 5.60 Å². The number of aromatic nitrogens is 1. The van der Waals surface area contributed by atoms with Gasteiger partial charge in [-0.25, -0.2) is 4.79 Å². The molecule has 0 spiro atoms. The zero-order chi connectivity index (χ0) is 25.7. The smallest absolute Gasteiger partial charge is 0.338 e. The summed E-state index contributed by atoms with van der Waals surface area (Å²) in [5.74, 6) is 1.21. The third-order valence-corrected chi connectivity index (χ3v) is 6.30. The van der Waals surface area contributed by atoms with Crippen LogP contribution in [0.15, 0.2) is 54.7 Å². The number of carbonyl (C=O) groups is 1. The molecule has 1 fully saturated rings. The number of nitrogens with zero attached hydrogens (tertiary/aromatic N) is 1. The predicted octanol–water partition coefficient (Wildman–Crippen LogP) is 6.95. The van der Waals surface area contributed by atoms with Crippen molar-refractivity contribution in [1.82, 2.24) is 4.98 Å². The summed E-state index contributed by atoms with van der Waals surface area (Å²) >= 11 is 0. The van der Waals surface area contributed by atoms with E-state index in [0.29, 0.717) is 12.1 Å². The Morgan fingerprint density at radius 2 is 1.86 bits per heavy atom. The number of rotatable bonds is 8. The maximum Gasteiger partial charge on any atom is 0.338 e. The molecule has 3 aromatic rings. The molecule has 0 unspecified atom stereocenters. The van der Waals surface area contributed by atoms with Crippen molar-refractivity contribution in [3.8, 4) is 22.8 Å². The lowest BCUT2D eigenvalue weighted by molar-refractivity contribution is 0.00695. The highest BCUT2D eigenvalue weighted by molar-refractivity contribution is 5.90. The maximum absolute atomic E-state index is 12.5. The van der Waals surface area contributed by atoms with Crippen LogP contribution in [0.5, 0.6) is 11.5 Å². The number of ether oxygens (including phenoxy) is 3. The quantitative estimate of drug-likeness (QED) is 0.346. The van der Waals surface area contributed by atoms with Gasteiger partial charge >= 0.3 is 5.97 Å². The number of anilines is 1. The summed E-state index contributed by atoms with van der Waals surface area (Å²) in [6, 6.07) is 15.4. The standard InChI is InChI=1S/C30H36N2O4/c1-20-25(15-16-26(34-5)28(20)35-24-13-6-7-14-24)27-22(11-9-17-31-27)19-32-23-12-8-10-21(18-23)29(33)36-30(2,3)4/h8-12,15-18,24,32H,6-7,13-14,19H2,1-5H3. The maximum atomic E-state index is 12.5. The number of benzene rings is 2. The third-order valence-electron chi connectivity index (χ3n) is 6.30. The van der Waals surface area contributed by atoms with Crippen molar-refractivity contribution in [2.75, 3.05) is 12.4 Å². The van der Waals surface area contributed by atoms with Gasteiger partial charge in [-0.3, -0.25) is 4.98 Å². The highest BCUT2D eigenvalue weighted by atomic mass is 16.6. The van der Waals surface area contributed by atoms with E-state index in [-0.39, 0.29) is 12.1 Å². The van der Waals surface area contributed by atoms with E-state index in [0.717, 1.165) is 52.4 Å². The lowest BCUT2D eigenvalue weighted by atomic mass is 9.99. The van der Waals surface area contributed by atoms with E-state index < -0.39 is 5.60 Å². The Bertz CT molecular complexity index is 1210. The summed E-state index contributed by atoms with van der Waals surface area (Å²) in [4.78, 5) is 17.2. The van der Waals surface area contributed by atoms with E-state index in [9.17, 15) is 4.79 Å². The molecule has 1 aromatic heterocycles.